The van der Waals surface area contributed by atoms with Gasteiger partial charge in [0, 0.05) is 20.2 Å². The van der Waals surface area contributed by atoms with Gasteiger partial charge in [0.2, 0.25) is 0 Å². The van der Waals surface area contributed by atoms with Crippen LogP contribution in [0.4, 0.5) is 0 Å². The van der Waals surface area contributed by atoms with Crippen molar-refractivity contribution in [1.29, 1.82) is 0 Å². The number of likely N-dealkylation sites (N-methyl/N-ethyl adjacent to an activating group) is 1. The van der Waals surface area contributed by atoms with Gasteiger partial charge in [-0.1, -0.05) is 37.3 Å². The van der Waals surface area contributed by atoms with Crippen LogP contribution < -0.4 is 5.32 Å². The van der Waals surface area contributed by atoms with Gasteiger partial charge in [-0.15, -0.1) is 0 Å². The molecule has 0 aliphatic rings. The second-order valence-corrected chi connectivity index (χ2v) is 4.21. The predicted molar refractivity (Wildman–Crippen MR) is 72.4 cm³/mol. The first-order valence-electron chi connectivity index (χ1n) is 6.23. The normalized spacial score (nSPS) is 12.4. The predicted octanol–water partition coefficient (Wildman–Crippen LogP) is 1.44. The monoisotopic (exact) mass is 250 g/mol. The number of benzene rings is 1. The standard InChI is InChI=1S/C14H22N2O2/c1-4-16(2)11-10-15-14(17)13(18-3)12-8-6-5-7-9-12/h5-9,13H,4,10-11H2,1-3H3,(H,15,17). The van der Waals surface area contributed by atoms with Crippen molar-refractivity contribution < 1.29 is 9.53 Å². The maximum Gasteiger partial charge on any atom is 0.253 e. The Labute approximate surface area is 109 Å². The number of hydrogen-bond acceptors (Lipinski definition) is 3. The molecule has 0 radical (unpaired) electrons. The van der Waals surface area contributed by atoms with Crippen LogP contribution in [0.5, 0.6) is 0 Å². The molecule has 0 fully saturated rings. The molecule has 1 N–H and O–H groups in total. The van der Waals surface area contributed by atoms with Crippen LogP contribution in [0, 0.1) is 0 Å². The molecule has 0 bridgehead atoms. The van der Waals surface area contributed by atoms with E-state index in [0.29, 0.717) is 6.54 Å². The van der Waals surface area contributed by atoms with E-state index in [1.165, 1.54) is 0 Å². The van der Waals surface area contributed by atoms with Crippen molar-refractivity contribution >= 4 is 5.91 Å². The SMILES string of the molecule is CCN(C)CCNC(=O)C(OC)c1ccccc1. The molecule has 0 aliphatic carbocycles. The van der Waals surface area contributed by atoms with Crippen LogP contribution in [0.2, 0.25) is 0 Å². The largest absolute Gasteiger partial charge is 0.367 e. The highest BCUT2D eigenvalue weighted by molar-refractivity contribution is 5.82. The van der Waals surface area contributed by atoms with E-state index in [2.05, 4.69) is 17.1 Å². The topological polar surface area (TPSA) is 41.6 Å². The smallest absolute Gasteiger partial charge is 0.253 e. The molecule has 0 saturated heterocycles. The van der Waals surface area contributed by atoms with Gasteiger partial charge in [0.05, 0.1) is 0 Å². The fourth-order valence-electron chi connectivity index (χ4n) is 1.64. The molecule has 1 amide bonds. The quantitative estimate of drug-likeness (QED) is 0.796. The van der Waals surface area contributed by atoms with Crippen LogP contribution in [0.15, 0.2) is 30.3 Å². The van der Waals surface area contributed by atoms with Gasteiger partial charge < -0.3 is 15.0 Å². The Kier molecular flexibility index (Phi) is 6.39. The zero-order valence-corrected chi connectivity index (χ0v) is 11.3. The van der Waals surface area contributed by atoms with Crippen LogP contribution in [0.1, 0.15) is 18.6 Å². The number of carbonyl (C=O) groups excluding carboxylic acids is 1. The number of nitrogens with zero attached hydrogens (tertiary/aromatic N) is 1. The van der Waals surface area contributed by atoms with Crippen LogP contribution in [-0.4, -0.2) is 44.6 Å². The minimum atomic E-state index is -0.530. The fourth-order valence-corrected chi connectivity index (χ4v) is 1.64. The van der Waals surface area contributed by atoms with Crippen molar-refractivity contribution in [2.75, 3.05) is 33.8 Å². The van der Waals surface area contributed by atoms with Crippen LogP contribution >= 0.6 is 0 Å². The van der Waals surface area contributed by atoms with Gasteiger partial charge in [0.1, 0.15) is 0 Å². The van der Waals surface area contributed by atoms with E-state index in [1.807, 2.05) is 37.4 Å². The lowest BCUT2D eigenvalue weighted by atomic mass is 10.1. The van der Waals surface area contributed by atoms with Crippen LogP contribution in [-0.2, 0) is 9.53 Å². The number of rotatable bonds is 7. The number of amides is 1. The Bertz CT molecular complexity index is 354. The summed E-state index contributed by atoms with van der Waals surface area (Å²) < 4.78 is 5.26. The molecule has 4 heteroatoms. The third-order valence-electron chi connectivity index (χ3n) is 2.91. The van der Waals surface area contributed by atoms with Crippen molar-refractivity contribution in [3.05, 3.63) is 35.9 Å². The second kappa shape index (κ2) is 7.84. The van der Waals surface area contributed by atoms with E-state index in [-0.39, 0.29) is 5.91 Å². The van der Waals surface area contributed by atoms with E-state index >= 15 is 0 Å². The van der Waals surface area contributed by atoms with Gasteiger partial charge in [-0.05, 0) is 19.2 Å². The summed E-state index contributed by atoms with van der Waals surface area (Å²) >= 11 is 0. The molecule has 0 saturated carbocycles. The summed E-state index contributed by atoms with van der Waals surface area (Å²) in [4.78, 5) is 14.1. The minimum absolute atomic E-state index is 0.0896. The summed E-state index contributed by atoms with van der Waals surface area (Å²) in [5, 5.41) is 2.89. The molecular weight excluding hydrogens is 228 g/mol. The summed E-state index contributed by atoms with van der Waals surface area (Å²) in [5.74, 6) is -0.0896. The van der Waals surface area contributed by atoms with E-state index in [1.54, 1.807) is 7.11 Å². The third kappa shape index (κ3) is 4.47. The van der Waals surface area contributed by atoms with Crippen molar-refractivity contribution in [3.63, 3.8) is 0 Å². The second-order valence-electron chi connectivity index (χ2n) is 4.21. The lowest BCUT2D eigenvalue weighted by Crippen LogP contribution is -2.36. The highest BCUT2D eigenvalue weighted by Crippen LogP contribution is 2.15. The van der Waals surface area contributed by atoms with Gasteiger partial charge in [-0.2, -0.15) is 0 Å². The number of carbonyl (C=O) groups is 1. The molecule has 1 aromatic rings. The zero-order valence-electron chi connectivity index (χ0n) is 11.3. The van der Waals surface area contributed by atoms with E-state index in [9.17, 15) is 4.79 Å². The molecule has 1 atom stereocenters. The molecule has 1 aromatic carbocycles. The molecule has 18 heavy (non-hydrogen) atoms. The summed E-state index contributed by atoms with van der Waals surface area (Å²) in [6.45, 7) is 4.54. The zero-order chi connectivity index (χ0) is 13.4. The molecule has 0 aromatic heterocycles. The first-order valence-corrected chi connectivity index (χ1v) is 6.23. The fraction of sp³-hybridized carbons (Fsp3) is 0.500. The number of ether oxygens (including phenoxy) is 1. The van der Waals surface area contributed by atoms with Gasteiger partial charge in [-0.3, -0.25) is 4.79 Å². The maximum absolute atomic E-state index is 12.0. The average molecular weight is 250 g/mol. The van der Waals surface area contributed by atoms with E-state index < -0.39 is 6.10 Å². The van der Waals surface area contributed by atoms with Gasteiger partial charge in [0.15, 0.2) is 6.10 Å². The van der Waals surface area contributed by atoms with Gasteiger partial charge >= 0.3 is 0 Å². The average Bonchev–Trinajstić information content (AvgIpc) is 2.40. The highest BCUT2D eigenvalue weighted by Gasteiger charge is 2.18. The van der Waals surface area contributed by atoms with Crippen LogP contribution in [0.25, 0.3) is 0 Å². The summed E-state index contributed by atoms with van der Waals surface area (Å²) in [7, 11) is 3.58. The van der Waals surface area contributed by atoms with E-state index in [4.69, 9.17) is 4.74 Å². The molecule has 100 valence electrons. The maximum atomic E-state index is 12.0. The van der Waals surface area contributed by atoms with Crippen molar-refractivity contribution in [1.82, 2.24) is 10.2 Å². The summed E-state index contributed by atoms with van der Waals surface area (Å²) in [6.07, 6.45) is -0.530. The minimum Gasteiger partial charge on any atom is -0.367 e. The highest BCUT2D eigenvalue weighted by atomic mass is 16.5. The number of nitrogens with one attached hydrogen (secondary N) is 1. The Morgan fingerprint density at radius 3 is 2.61 bits per heavy atom. The Morgan fingerprint density at radius 2 is 2.06 bits per heavy atom. The molecular formula is C14H22N2O2. The molecule has 0 heterocycles. The third-order valence-corrected chi connectivity index (χ3v) is 2.91. The molecule has 1 unspecified atom stereocenters. The molecule has 4 nitrogen and oxygen atoms in total. The summed E-state index contributed by atoms with van der Waals surface area (Å²) in [6, 6.07) is 9.52. The van der Waals surface area contributed by atoms with E-state index in [0.717, 1.165) is 18.7 Å². The van der Waals surface area contributed by atoms with Crippen molar-refractivity contribution in [2.24, 2.45) is 0 Å². The molecule has 0 aliphatic heterocycles. The van der Waals surface area contributed by atoms with Gasteiger partial charge in [-0.25, -0.2) is 0 Å². The number of hydrogen-bond donors (Lipinski definition) is 1. The molecule has 1 rings (SSSR count). The first kappa shape index (κ1) is 14.7. The lowest BCUT2D eigenvalue weighted by molar-refractivity contribution is -0.131. The Morgan fingerprint density at radius 1 is 1.39 bits per heavy atom. The van der Waals surface area contributed by atoms with Crippen molar-refractivity contribution in [3.8, 4) is 0 Å². The Balaban J connectivity index is 2.48. The van der Waals surface area contributed by atoms with Crippen LogP contribution in [0.3, 0.4) is 0 Å². The molecule has 0 spiro atoms. The van der Waals surface area contributed by atoms with Gasteiger partial charge in [0.25, 0.3) is 5.91 Å². The Hall–Kier alpha value is -1.39. The van der Waals surface area contributed by atoms with Crippen molar-refractivity contribution in [2.45, 2.75) is 13.0 Å². The lowest BCUT2D eigenvalue weighted by Gasteiger charge is -2.18. The number of methoxy groups -OCH3 is 1. The summed E-state index contributed by atoms with van der Waals surface area (Å²) in [5.41, 5.74) is 0.876. The first-order chi connectivity index (χ1) is 8.69.